The van der Waals surface area contributed by atoms with Gasteiger partial charge in [-0.3, -0.25) is 14.7 Å². The number of carbonyl (C=O) groups is 1. The van der Waals surface area contributed by atoms with E-state index in [1.54, 1.807) is 12.3 Å². The van der Waals surface area contributed by atoms with Crippen LogP contribution in [0.25, 0.3) is 0 Å². The largest absolute Gasteiger partial charge is 0.355 e. The Morgan fingerprint density at radius 3 is 2.45 bits per heavy atom. The maximum absolute atomic E-state index is 13.3. The first-order valence-corrected chi connectivity index (χ1v) is 10.2. The lowest BCUT2D eigenvalue weighted by atomic mass is 10.2. The summed E-state index contributed by atoms with van der Waals surface area (Å²) < 4.78 is 26.6. The molecule has 0 radical (unpaired) electrons. The van der Waals surface area contributed by atoms with E-state index in [1.165, 1.54) is 5.56 Å². The number of hydrogen-bond donors (Lipinski definition) is 1. The fourth-order valence-corrected chi connectivity index (χ4v) is 3.64. The number of amides is 1. The molecule has 0 saturated carbocycles. The highest BCUT2D eigenvalue weighted by molar-refractivity contribution is 6.04. The second kappa shape index (κ2) is 9.61. The first-order chi connectivity index (χ1) is 15.1. The van der Waals surface area contributed by atoms with Gasteiger partial charge in [-0.25, -0.2) is 13.8 Å². The third-order valence-corrected chi connectivity index (χ3v) is 5.20. The quantitative estimate of drug-likeness (QED) is 0.678. The number of pyridine rings is 2. The van der Waals surface area contributed by atoms with Gasteiger partial charge >= 0.3 is 0 Å². The van der Waals surface area contributed by atoms with Crippen molar-refractivity contribution >= 4 is 17.4 Å². The standard InChI is InChI=1S/C23H23F2N5O/c24-19-12-18(13-20(25)14-19)23(31)28-21-2-3-22(27-15-21)30-9-1-8-29(10-11-30)16-17-4-6-26-7-5-17/h2-7,12-15H,1,8-11,16H2,(H,28,31). The van der Waals surface area contributed by atoms with Gasteiger partial charge in [0.1, 0.15) is 17.5 Å². The van der Waals surface area contributed by atoms with Crippen LogP contribution in [0.15, 0.2) is 61.1 Å². The van der Waals surface area contributed by atoms with Crippen molar-refractivity contribution in [2.45, 2.75) is 13.0 Å². The Kier molecular flexibility index (Phi) is 6.47. The van der Waals surface area contributed by atoms with Crippen molar-refractivity contribution in [2.75, 3.05) is 36.4 Å². The lowest BCUT2D eigenvalue weighted by Gasteiger charge is -2.23. The Bertz CT molecular complexity index is 1010. The molecule has 0 unspecified atom stereocenters. The number of nitrogens with one attached hydrogen (secondary N) is 1. The SMILES string of the molecule is O=C(Nc1ccc(N2CCCN(Cc3ccncc3)CC2)nc1)c1cc(F)cc(F)c1. The van der Waals surface area contributed by atoms with E-state index in [4.69, 9.17) is 0 Å². The van der Waals surface area contributed by atoms with Gasteiger partial charge in [0.2, 0.25) is 0 Å². The molecule has 3 aromatic rings. The minimum absolute atomic E-state index is 0.0802. The average molecular weight is 423 g/mol. The van der Waals surface area contributed by atoms with Crippen molar-refractivity contribution < 1.29 is 13.6 Å². The number of nitrogens with zero attached hydrogens (tertiary/aromatic N) is 4. The molecule has 1 aliphatic heterocycles. The van der Waals surface area contributed by atoms with Crippen LogP contribution in [0.1, 0.15) is 22.3 Å². The fourth-order valence-electron chi connectivity index (χ4n) is 3.64. The van der Waals surface area contributed by atoms with Crippen LogP contribution >= 0.6 is 0 Å². The van der Waals surface area contributed by atoms with Gasteiger partial charge in [0, 0.05) is 56.7 Å². The zero-order valence-electron chi connectivity index (χ0n) is 17.0. The lowest BCUT2D eigenvalue weighted by Crippen LogP contribution is -2.31. The Balaban J connectivity index is 1.35. The molecule has 0 aliphatic carbocycles. The molecule has 0 atom stereocenters. The second-order valence-electron chi connectivity index (χ2n) is 7.49. The van der Waals surface area contributed by atoms with E-state index >= 15 is 0 Å². The highest BCUT2D eigenvalue weighted by Gasteiger charge is 2.17. The van der Waals surface area contributed by atoms with Gasteiger partial charge in [-0.1, -0.05) is 0 Å². The van der Waals surface area contributed by atoms with Gasteiger partial charge in [-0.15, -0.1) is 0 Å². The molecule has 1 N–H and O–H groups in total. The number of anilines is 2. The van der Waals surface area contributed by atoms with Crippen LogP contribution in [0.2, 0.25) is 0 Å². The van der Waals surface area contributed by atoms with E-state index < -0.39 is 17.5 Å². The summed E-state index contributed by atoms with van der Waals surface area (Å²) in [7, 11) is 0. The molecule has 8 heteroatoms. The van der Waals surface area contributed by atoms with Crippen molar-refractivity contribution in [3.63, 3.8) is 0 Å². The minimum atomic E-state index is -0.794. The molecule has 1 saturated heterocycles. The van der Waals surface area contributed by atoms with Gasteiger partial charge in [0.15, 0.2) is 0 Å². The summed E-state index contributed by atoms with van der Waals surface area (Å²) in [6.07, 6.45) is 6.21. The molecule has 31 heavy (non-hydrogen) atoms. The first kappa shape index (κ1) is 20.9. The monoisotopic (exact) mass is 423 g/mol. The van der Waals surface area contributed by atoms with Gasteiger partial charge in [0.05, 0.1) is 11.9 Å². The molecular weight excluding hydrogens is 400 g/mol. The number of halogens is 2. The van der Waals surface area contributed by atoms with Crippen LogP contribution in [0.4, 0.5) is 20.3 Å². The van der Waals surface area contributed by atoms with Crippen LogP contribution in [-0.2, 0) is 6.54 Å². The summed E-state index contributed by atoms with van der Waals surface area (Å²) in [5.41, 5.74) is 1.63. The summed E-state index contributed by atoms with van der Waals surface area (Å²) in [6, 6.07) is 10.4. The van der Waals surface area contributed by atoms with Crippen LogP contribution in [0.3, 0.4) is 0 Å². The Morgan fingerprint density at radius 2 is 1.74 bits per heavy atom. The Labute approximate surface area is 179 Å². The van der Waals surface area contributed by atoms with E-state index in [-0.39, 0.29) is 5.56 Å². The predicted octanol–water partition coefficient (Wildman–Crippen LogP) is 3.72. The van der Waals surface area contributed by atoms with Gasteiger partial charge < -0.3 is 10.2 Å². The summed E-state index contributed by atoms with van der Waals surface area (Å²) in [5, 5.41) is 2.62. The number of hydrogen-bond acceptors (Lipinski definition) is 5. The third-order valence-electron chi connectivity index (χ3n) is 5.20. The normalized spacial score (nSPS) is 14.8. The molecule has 1 aromatic carbocycles. The van der Waals surface area contributed by atoms with E-state index in [9.17, 15) is 13.6 Å². The number of aromatic nitrogens is 2. The van der Waals surface area contributed by atoms with Gasteiger partial charge in [-0.05, 0) is 48.4 Å². The van der Waals surface area contributed by atoms with Crippen LogP contribution in [0, 0.1) is 11.6 Å². The fraction of sp³-hybridized carbons (Fsp3) is 0.261. The molecule has 0 spiro atoms. The smallest absolute Gasteiger partial charge is 0.255 e. The van der Waals surface area contributed by atoms with Crippen molar-refractivity contribution in [1.29, 1.82) is 0 Å². The molecule has 4 rings (SSSR count). The molecule has 2 aromatic heterocycles. The minimum Gasteiger partial charge on any atom is -0.355 e. The zero-order valence-corrected chi connectivity index (χ0v) is 17.0. The van der Waals surface area contributed by atoms with Crippen LogP contribution in [-0.4, -0.2) is 47.0 Å². The molecule has 1 aliphatic rings. The van der Waals surface area contributed by atoms with Crippen molar-refractivity contribution in [3.05, 3.63) is 83.8 Å². The maximum Gasteiger partial charge on any atom is 0.255 e. The third kappa shape index (κ3) is 5.61. The van der Waals surface area contributed by atoms with E-state index in [1.807, 2.05) is 30.6 Å². The number of rotatable bonds is 5. The summed E-state index contributed by atoms with van der Waals surface area (Å²) in [4.78, 5) is 25.4. The van der Waals surface area contributed by atoms with E-state index in [2.05, 4.69) is 25.1 Å². The molecule has 6 nitrogen and oxygen atoms in total. The predicted molar refractivity (Wildman–Crippen MR) is 115 cm³/mol. The van der Waals surface area contributed by atoms with Crippen LogP contribution in [0.5, 0.6) is 0 Å². The van der Waals surface area contributed by atoms with Gasteiger partial charge in [-0.2, -0.15) is 0 Å². The molecule has 1 fully saturated rings. The highest BCUT2D eigenvalue weighted by Crippen LogP contribution is 2.18. The summed E-state index contributed by atoms with van der Waals surface area (Å²) >= 11 is 0. The average Bonchev–Trinajstić information content (AvgIpc) is 3.00. The van der Waals surface area contributed by atoms with Gasteiger partial charge in [0.25, 0.3) is 5.91 Å². The van der Waals surface area contributed by atoms with E-state index in [0.717, 1.165) is 63.2 Å². The number of carbonyl (C=O) groups excluding carboxylic acids is 1. The second-order valence-corrected chi connectivity index (χ2v) is 7.49. The molecule has 3 heterocycles. The van der Waals surface area contributed by atoms with Crippen molar-refractivity contribution in [3.8, 4) is 0 Å². The molecule has 0 bridgehead atoms. The summed E-state index contributed by atoms with van der Waals surface area (Å²) in [6.45, 7) is 4.58. The topological polar surface area (TPSA) is 61.4 Å². The molecular formula is C23H23F2N5O. The summed E-state index contributed by atoms with van der Waals surface area (Å²) in [5.74, 6) is -1.34. The highest BCUT2D eigenvalue weighted by atomic mass is 19.1. The Morgan fingerprint density at radius 1 is 0.968 bits per heavy atom. The zero-order chi connectivity index (χ0) is 21.6. The van der Waals surface area contributed by atoms with Crippen molar-refractivity contribution in [2.24, 2.45) is 0 Å². The molecule has 160 valence electrons. The van der Waals surface area contributed by atoms with E-state index in [0.29, 0.717) is 5.69 Å². The first-order valence-electron chi connectivity index (χ1n) is 10.2. The Hall–Kier alpha value is -3.39. The molecule has 1 amide bonds. The maximum atomic E-state index is 13.3. The van der Waals surface area contributed by atoms with Crippen molar-refractivity contribution in [1.82, 2.24) is 14.9 Å². The number of benzene rings is 1. The van der Waals surface area contributed by atoms with Crippen LogP contribution < -0.4 is 10.2 Å². The lowest BCUT2D eigenvalue weighted by molar-refractivity contribution is 0.102.